The number of nitrogens with one attached hydrogen (secondary N) is 2. The second-order valence-electron chi connectivity index (χ2n) is 6.80. The van der Waals surface area contributed by atoms with Crippen LogP contribution in [0.1, 0.15) is 34.3 Å². The number of benzene rings is 2. The molecule has 1 amide bonds. The number of carbonyl (C=O) groups is 2. The van der Waals surface area contributed by atoms with Gasteiger partial charge in [-0.3, -0.25) is 9.52 Å². The minimum Gasteiger partial charge on any atom is -0.480 e. The van der Waals surface area contributed by atoms with Gasteiger partial charge in [0.05, 0.1) is 4.90 Å². The van der Waals surface area contributed by atoms with Crippen molar-refractivity contribution >= 4 is 27.6 Å². The Kier molecular flexibility index (Phi) is 4.69. The molecule has 0 aromatic heterocycles. The van der Waals surface area contributed by atoms with E-state index in [9.17, 15) is 23.1 Å². The van der Waals surface area contributed by atoms with Crippen LogP contribution in [0.25, 0.3) is 0 Å². The highest BCUT2D eigenvalue weighted by Gasteiger charge is 2.51. The predicted octanol–water partition coefficient (Wildman–Crippen LogP) is 2.45. The molecule has 3 N–H and O–H groups in total. The van der Waals surface area contributed by atoms with Gasteiger partial charge in [0.15, 0.2) is 0 Å². The standard InChI is InChI=1S/C19H20N2O5S/c1-12-6-7-13(2)16(10-12)27(25,26)21-15-5-3-4-14(11-15)17(22)20-19(8-9-19)18(23)24/h3-7,10-11,21H,8-9H2,1-2H3,(H,20,22)(H,23,24). The molecule has 0 atom stereocenters. The summed E-state index contributed by atoms with van der Waals surface area (Å²) in [5, 5.41) is 11.7. The van der Waals surface area contributed by atoms with E-state index in [-0.39, 0.29) is 16.1 Å². The first kappa shape index (κ1) is 18.9. The van der Waals surface area contributed by atoms with Crippen molar-refractivity contribution in [3.05, 3.63) is 59.2 Å². The van der Waals surface area contributed by atoms with Crippen LogP contribution in [0.3, 0.4) is 0 Å². The quantitative estimate of drug-likeness (QED) is 0.704. The third-order valence-corrected chi connectivity index (χ3v) is 6.05. The zero-order valence-electron chi connectivity index (χ0n) is 14.9. The van der Waals surface area contributed by atoms with Crippen molar-refractivity contribution in [1.82, 2.24) is 5.32 Å². The fourth-order valence-electron chi connectivity index (χ4n) is 2.74. The second kappa shape index (κ2) is 6.70. The Morgan fingerprint density at radius 3 is 2.41 bits per heavy atom. The van der Waals surface area contributed by atoms with Crippen molar-refractivity contribution in [2.45, 2.75) is 37.1 Å². The molecular weight excluding hydrogens is 368 g/mol. The molecule has 142 valence electrons. The minimum atomic E-state index is -3.82. The summed E-state index contributed by atoms with van der Waals surface area (Å²) >= 11 is 0. The smallest absolute Gasteiger partial charge is 0.329 e. The zero-order chi connectivity index (χ0) is 19.8. The van der Waals surface area contributed by atoms with Gasteiger partial charge in [0, 0.05) is 11.3 Å². The van der Waals surface area contributed by atoms with Crippen LogP contribution in [0.5, 0.6) is 0 Å². The summed E-state index contributed by atoms with van der Waals surface area (Å²) < 4.78 is 27.9. The van der Waals surface area contributed by atoms with Gasteiger partial charge in [-0.05, 0) is 62.1 Å². The van der Waals surface area contributed by atoms with Crippen LogP contribution in [-0.2, 0) is 14.8 Å². The first-order valence-electron chi connectivity index (χ1n) is 8.39. The number of aryl methyl sites for hydroxylation is 2. The number of carbonyl (C=O) groups excluding carboxylic acids is 1. The predicted molar refractivity (Wildman–Crippen MR) is 100 cm³/mol. The molecular formula is C19H20N2O5S. The Labute approximate surface area is 157 Å². The molecule has 0 unspecified atom stereocenters. The van der Waals surface area contributed by atoms with Crippen LogP contribution in [0.4, 0.5) is 5.69 Å². The Hall–Kier alpha value is -2.87. The van der Waals surface area contributed by atoms with Crippen molar-refractivity contribution in [2.24, 2.45) is 0 Å². The lowest BCUT2D eigenvalue weighted by Crippen LogP contribution is -2.43. The van der Waals surface area contributed by atoms with Crippen molar-refractivity contribution in [1.29, 1.82) is 0 Å². The summed E-state index contributed by atoms with van der Waals surface area (Å²) in [4.78, 5) is 23.7. The molecule has 0 heterocycles. The fourth-order valence-corrected chi connectivity index (χ4v) is 4.12. The van der Waals surface area contributed by atoms with Gasteiger partial charge in [0.1, 0.15) is 5.54 Å². The van der Waals surface area contributed by atoms with Crippen molar-refractivity contribution in [2.75, 3.05) is 4.72 Å². The molecule has 2 aromatic carbocycles. The maximum atomic E-state index is 12.7. The Morgan fingerprint density at radius 2 is 1.78 bits per heavy atom. The van der Waals surface area contributed by atoms with Gasteiger partial charge in [0.2, 0.25) is 0 Å². The third kappa shape index (κ3) is 3.95. The van der Waals surface area contributed by atoms with E-state index in [0.717, 1.165) is 5.56 Å². The lowest BCUT2D eigenvalue weighted by atomic mass is 10.1. The van der Waals surface area contributed by atoms with Crippen LogP contribution < -0.4 is 10.0 Å². The van der Waals surface area contributed by atoms with E-state index in [4.69, 9.17) is 0 Å². The summed E-state index contributed by atoms with van der Waals surface area (Å²) in [7, 11) is -3.82. The van der Waals surface area contributed by atoms with Gasteiger partial charge in [-0.25, -0.2) is 13.2 Å². The molecule has 0 radical (unpaired) electrons. The minimum absolute atomic E-state index is 0.167. The second-order valence-corrected chi connectivity index (χ2v) is 8.45. The molecule has 3 rings (SSSR count). The van der Waals surface area contributed by atoms with Gasteiger partial charge < -0.3 is 10.4 Å². The Balaban J connectivity index is 1.82. The van der Waals surface area contributed by atoms with E-state index in [2.05, 4.69) is 10.0 Å². The van der Waals surface area contributed by atoms with Crippen LogP contribution in [0.2, 0.25) is 0 Å². The van der Waals surface area contributed by atoms with Crippen molar-refractivity contribution in [3.8, 4) is 0 Å². The molecule has 1 aliphatic carbocycles. The summed E-state index contributed by atoms with van der Waals surface area (Å²) in [6, 6.07) is 11.1. The van der Waals surface area contributed by atoms with Gasteiger partial charge >= 0.3 is 5.97 Å². The summed E-state index contributed by atoms with van der Waals surface area (Å²) in [6.45, 7) is 3.51. The van der Waals surface area contributed by atoms with E-state index in [1.165, 1.54) is 24.3 Å². The van der Waals surface area contributed by atoms with E-state index in [1.807, 2.05) is 6.07 Å². The molecule has 8 heteroatoms. The highest BCUT2D eigenvalue weighted by molar-refractivity contribution is 7.92. The number of carboxylic acids is 1. The van der Waals surface area contributed by atoms with E-state index in [0.29, 0.717) is 18.4 Å². The number of carboxylic acid groups (broad SMARTS) is 1. The highest BCUT2D eigenvalue weighted by atomic mass is 32.2. The molecule has 0 spiro atoms. The number of hydrogen-bond acceptors (Lipinski definition) is 4. The Morgan fingerprint density at radius 1 is 1.07 bits per heavy atom. The SMILES string of the molecule is Cc1ccc(C)c(S(=O)(=O)Nc2cccc(C(=O)NC3(C(=O)O)CC3)c2)c1. The molecule has 7 nitrogen and oxygen atoms in total. The molecule has 1 aliphatic rings. The molecule has 2 aromatic rings. The maximum Gasteiger partial charge on any atom is 0.329 e. The third-order valence-electron chi connectivity index (χ3n) is 4.52. The van der Waals surface area contributed by atoms with Crippen LogP contribution >= 0.6 is 0 Å². The summed E-state index contributed by atoms with van der Waals surface area (Å²) in [6.07, 6.45) is 0.764. The van der Waals surface area contributed by atoms with Crippen molar-refractivity contribution < 1.29 is 23.1 Å². The van der Waals surface area contributed by atoms with Gasteiger partial charge in [0.25, 0.3) is 15.9 Å². The largest absolute Gasteiger partial charge is 0.480 e. The lowest BCUT2D eigenvalue weighted by molar-refractivity contribution is -0.140. The number of sulfonamides is 1. The molecule has 0 saturated heterocycles. The summed E-state index contributed by atoms with van der Waals surface area (Å²) in [5.74, 6) is -1.62. The summed E-state index contributed by atoms with van der Waals surface area (Å²) in [5.41, 5.74) is 0.634. The average Bonchev–Trinajstić information content (AvgIpc) is 3.37. The van der Waals surface area contributed by atoms with E-state index >= 15 is 0 Å². The first-order valence-corrected chi connectivity index (χ1v) is 9.87. The zero-order valence-corrected chi connectivity index (χ0v) is 15.8. The molecule has 1 fully saturated rings. The monoisotopic (exact) mass is 388 g/mol. The van der Waals surface area contributed by atoms with Crippen molar-refractivity contribution in [3.63, 3.8) is 0 Å². The normalized spacial score (nSPS) is 15.0. The Bertz CT molecular complexity index is 1030. The molecule has 1 saturated carbocycles. The number of anilines is 1. The first-order chi connectivity index (χ1) is 12.6. The van der Waals surface area contributed by atoms with Gasteiger partial charge in [-0.1, -0.05) is 18.2 Å². The molecule has 27 heavy (non-hydrogen) atoms. The number of aliphatic carboxylic acids is 1. The lowest BCUT2D eigenvalue weighted by Gasteiger charge is -2.14. The van der Waals surface area contributed by atoms with Crippen LogP contribution in [-0.4, -0.2) is 30.9 Å². The van der Waals surface area contributed by atoms with Gasteiger partial charge in [-0.15, -0.1) is 0 Å². The number of hydrogen-bond donors (Lipinski definition) is 3. The fraction of sp³-hybridized carbons (Fsp3) is 0.263. The topological polar surface area (TPSA) is 113 Å². The van der Waals surface area contributed by atoms with Crippen LogP contribution in [0.15, 0.2) is 47.4 Å². The molecule has 0 aliphatic heterocycles. The average molecular weight is 388 g/mol. The number of rotatable bonds is 6. The number of amides is 1. The van der Waals surface area contributed by atoms with Gasteiger partial charge in [-0.2, -0.15) is 0 Å². The maximum absolute atomic E-state index is 12.7. The van der Waals surface area contributed by atoms with Crippen LogP contribution in [0, 0.1) is 13.8 Å². The van der Waals surface area contributed by atoms with E-state index in [1.54, 1.807) is 26.0 Å². The molecule has 0 bridgehead atoms. The highest BCUT2D eigenvalue weighted by Crippen LogP contribution is 2.35. The van der Waals surface area contributed by atoms with E-state index < -0.39 is 27.4 Å².